The molecule has 2 amide bonds. The maximum absolute atomic E-state index is 13.9. The van der Waals surface area contributed by atoms with Gasteiger partial charge in [0.05, 0.1) is 5.92 Å². The summed E-state index contributed by atoms with van der Waals surface area (Å²) >= 11 is 0. The van der Waals surface area contributed by atoms with Crippen LogP contribution in [-0.4, -0.2) is 66.4 Å². The Morgan fingerprint density at radius 1 is 1.13 bits per heavy atom. The number of amides is 2. The van der Waals surface area contributed by atoms with Gasteiger partial charge in [-0.1, -0.05) is 51.1 Å². The molecular weight excluding hydrogens is 388 g/mol. The highest BCUT2D eigenvalue weighted by Crippen LogP contribution is 2.40. The number of hydrogen-bond acceptors (Lipinski definition) is 4. The van der Waals surface area contributed by atoms with Gasteiger partial charge in [0, 0.05) is 25.7 Å². The standard InChI is InChI=1S/C25H40N4O2/c1-24(2,3)21(25(4,27-5)23(26)31)22(30)29-16-13-19-12-15-28(17-20(19)29)14-11-18-9-7-6-8-10-18/h6-10,19-21,27H,11-17H2,1-5H3,(H2,26,31)/t19-,20?,21+,25?/m1/s1. The molecule has 2 unspecified atom stereocenters. The number of nitrogens with zero attached hydrogens (tertiary/aromatic N) is 2. The number of benzene rings is 1. The zero-order chi connectivity index (χ0) is 22.8. The molecule has 2 heterocycles. The minimum Gasteiger partial charge on any atom is -0.368 e. The summed E-state index contributed by atoms with van der Waals surface area (Å²) in [6.07, 6.45) is 3.20. The van der Waals surface area contributed by atoms with E-state index in [0.29, 0.717) is 5.92 Å². The second kappa shape index (κ2) is 9.29. The van der Waals surface area contributed by atoms with E-state index in [1.54, 1.807) is 14.0 Å². The van der Waals surface area contributed by atoms with E-state index in [9.17, 15) is 9.59 Å². The number of hydrogen-bond donors (Lipinski definition) is 2. The summed E-state index contributed by atoms with van der Waals surface area (Å²) in [6.45, 7) is 11.6. The van der Waals surface area contributed by atoms with Gasteiger partial charge >= 0.3 is 0 Å². The molecule has 6 nitrogen and oxygen atoms in total. The molecule has 3 rings (SSSR count). The summed E-state index contributed by atoms with van der Waals surface area (Å²) in [7, 11) is 1.72. The Morgan fingerprint density at radius 3 is 2.35 bits per heavy atom. The SMILES string of the molecule is CNC(C)(C(N)=O)[C@@H](C(=O)N1CC[C@H]2CCN(CCc3ccccc3)CC21)C(C)(C)C. The number of carbonyl (C=O) groups is 2. The fraction of sp³-hybridized carbons (Fsp3) is 0.680. The van der Waals surface area contributed by atoms with Crippen LogP contribution in [0.4, 0.5) is 0 Å². The molecule has 0 aliphatic carbocycles. The van der Waals surface area contributed by atoms with Crippen LogP contribution in [0, 0.1) is 17.3 Å². The zero-order valence-corrected chi connectivity index (χ0v) is 19.9. The Bertz CT molecular complexity index is 775. The molecule has 0 saturated carbocycles. The summed E-state index contributed by atoms with van der Waals surface area (Å²) in [5, 5.41) is 3.08. The van der Waals surface area contributed by atoms with Gasteiger partial charge in [0.15, 0.2) is 0 Å². The third-order valence-electron chi connectivity index (χ3n) is 7.51. The Hall–Kier alpha value is -1.92. The molecule has 172 valence electrons. The number of carbonyl (C=O) groups excluding carboxylic acids is 2. The van der Waals surface area contributed by atoms with Crippen LogP contribution in [0.3, 0.4) is 0 Å². The fourth-order valence-electron chi connectivity index (χ4n) is 5.67. The highest BCUT2D eigenvalue weighted by molar-refractivity contribution is 5.93. The first-order valence-corrected chi connectivity index (χ1v) is 11.6. The van der Waals surface area contributed by atoms with Crippen molar-refractivity contribution in [3.8, 4) is 0 Å². The lowest BCUT2D eigenvalue weighted by molar-refractivity contribution is -0.149. The Kier molecular flexibility index (Phi) is 7.11. The van der Waals surface area contributed by atoms with Crippen LogP contribution < -0.4 is 11.1 Å². The molecule has 1 aromatic rings. The molecule has 0 radical (unpaired) electrons. The number of piperidine rings is 1. The third kappa shape index (κ3) is 4.96. The maximum Gasteiger partial charge on any atom is 0.238 e. The summed E-state index contributed by atoms with van der Waals surface area (Å²) < 4.78 is 0. The van der Waals surface area contributed by atoms with Crippen molar-refractivity contribution in [2.75, 3.05) is 33.2 Å². The average Bonchev–Trinajstić information content (AvgIpc) is 3.15. The molecule has 0 spiro atoms. The second-order valence-electron chi connectivity index (χ2n) is 10.6. The van der Waals surface area contributed by atoms with Crippen LogP contribution in [-0.2, 0) is 16.0 Å². The average molecular weight is 429 g/mol. The zero-order valence-electron chi connectivity index (χ0n) is 19.9. The van der Waals surface area contributed by atoms with Crippen molar-refractivity contribution in [2.45, 2.75) is 58.5 Å². The van der Waals surface area contributed by atoms with Gasteiger partial charge < -0.3 is 20.9 Å². The monoisotopic (exact) mass is 428 g/mol. The molecule has 3 N–H and O–H groups in total. The van der Waals surface area contributed by atoms with Crippen LogP contribution in [0.25, 0.3) is 0 Å². The van der Waals surface area contributed by atoms with Crippen LogP contribution in [0.1, 0.15) is 46.1 Å². The van der Waals surface area contributed by atoms with E-state index >= 15 is 0 Å². The lowest BCUT2D eigenvalue weighted by atomic mass is 9.68. The van der Waals surface area contributed by atoms with Gasteiger partial charge in [-0.2, -0.15) is 0 Å². The van der Waals surface area contributed by atoms with E-state index in [1.165, 1.54) is 5.56 Å². The van der Waals surface area contributed by atoms with Gasteiger partial charge in [0.1, 0.15) is 5.54 Å². The molecule has 4 atom stereocenters. The van der Waals surface area contributed by atoms with Crippen molar-refractivity contribution in [3.63, 3.8) is 0 Å². The van der Waals surface area contributed by atoms with E-state index in [1.807, 2.05) is 26.8 Å². The smallest absolute Gasteiger partial charge is 0.238 e. The van der Waals surface area contributed by atoms with Crippen molar-refractivity contribution >= 4 is 11.8 Å². The number of likely N-dealkylation sites (tertiary alicyclic amines) is 2. The largest absolute Gasteiger partial charge is 0.368 e. The van der Waals surface area contributed by atoms with Gasteiger partial charge in [-0.05, 0) is 56.7 Å². The molecule has 0 bridgehead atoms. The van der Waals surface area contributed by atoms with Crippen molar-refractivity contribution < 1.29 is 9.59 Å². The fourth-order valence-corrected chi connectivity index (χ4v) is 5.67. The number of likely N-dealkylation sites (N-methyl/N-ethyl adjacent to an activating group) is 1. The Morgan fingerprint density at radius 2 is 1.77 bits per heavy atom. The second-order valence-corrected chi connectivity index (χ2v) is 10.6. The van der Waals surface area contributed by atoms with Gasteiger partial charge in [-0.3, -0.25) is 9.59 Å². The molecule has 2 aliphatic heterocycles. The molecular formula is C25H40N4O2. The van der Waals surface area contributed by atoms with Crippen molar-refractivity contribution in [2.24, 2.45) is 23.0 Å². The molecule has 2 saturated heterocycles. The number of nitrogens with one attached hydrogen (secondary N) is 1. The van der Waals surface area contributed by atoms with Gasteiger partial charge in [-0.25, -0.2) is 0 Å². The van der Waals surface area contributed by atoms with Gasteiger partial charge in [0.2, 0.25) is 11.8 Å². The van der Waals surface area contributed by atoms with E-state index in [4.69, 9.17) is 5.73 Å². The minimum absolute atomic E-state index is 0.0561. The summed E-state index contributed by atoms with van der Waals surface area (Å²) in [6, 6.07) is 10.8. The Labute approximate surface area is 187 Å². The summed E-state index contributed by atoms with van der Waals surface area (Å²) in [5.41, 5.74) is 5.65. The predicted molar refractivity (Wildman–Crippen MR) is 124 cm³/mol. The quantitative estimate of drug-likeness (QED) is 0.698. The van der Waals surface area contributed by atoms with Crippen molar-refractivity contribution in [1.82, 2.24) is 15.1 Å². The molecule has 1 aromatic carbocycles. The van der Waals surface area contributed by atoms with Crippen molar-refractivity contribution in [3.05, 3.63) is 35.9 Å². The molecule has 31 heavy (non-hydrogen) atoms. The van der Waals surface area contributed by atoms with Gasteiger partial charge in [-0.15, -0.1) is 0 Å². The van der Waals surface area contributed by atoms with Crippen molar-refractivity contribution in [1.29, 1.82) is 0 Å². The lowest BCUT2D eigenvalue weighted by Crippen LogP contribution is -2.65. The normalized spacial score (nSPS) is 25.0. The van der Waals surface area contributed by atoms with Crippen LogP contribution >= 0.6 is 0 Å². The first-order chi connectivity index (χ1) is 14.6. The number of primary amides is 1. The number of fused-ring (bicyclic) bond motifs is 1. The molecule has 2 aliphatic rings. The van der Waals surface area contributed by atoms with Crippen LogP contribution in [0.5, 0.6) is 0 Å². The Balaban J connectivity index is 1.75. The summed E-state index contributed by atoms with van der Waals surface area (Å²) in [5.74, 6) is -0.402. The van der Waals surface area contributed by atoms with E-state index in [0.717, 1.165) is 45.4 Å². The van der Waals surface area contributed by atoms with E-state index in [2.05, 4.69) is 39.4 Å². The molecule has 2 fully saturated rings. The number of rotatable bonds is 7. The summed E-state index contributed by atoms with van der Waals surface area (Å²) in [4.78, 5) is 30.9. The van der Waals surface area contributed by atoms with Gasteiger partial charge in [0.25, 0.3) is 0 Å². The van der Waals surface area contributed by atoms with Crippen LogP contribution in [0.2, 0.25) is 0 Å². The van der Waals surface area contributed by atoms with Crippen LogP contribution in [0.15, 0.2) is 30.3 Å². The highest BCUT2D eigenvalue weighted by atomic mass is 16.2. The number of nitrogens with two attached hydrogens (primary N) is 1. The highest BCUT2D eigenvalue weighted by Gasteiger charge is 2.53. The third-order valence-corrected chi connectivity index (χ3v) is 7.51. The minimum atomic E-state index is -1.09. The molecule has 6 heteroatoms. The first-order valence-electron chi connectivity index (χ1n) is 11.6. The predicted octanol–water partition coefficient (Wildman–Crippen LogP) is 2.28. The topological polar surface area (TPSA) is 78.7 Å². The van der Waals surface area contributed by atoms with E-state index < -0.39 is 22.8 Å². The first kappa shape index (κ1) is 23.7. The van der Waals surface area contributed by atoms with E-state index in [-0.39, 0.29) is 11.9 Å². The molecule has 0 aromatic heterocycles. The lowest BCUT2D eigenvalue weighted by Gasteiger charge is -2.45. The maximum atomic E-state index is 13.9.